The number of ether oxygens (including phenoxy) is 1. The summed E-state index contributed by atoms with van der Waals surface area (Å²) < 4.78 is 5.37. The van der Waals surface area contributed by atoms with Gasteiger partial charge in [-0.3, -0.25) is 4.90 Å². The largest absolute Gasteiger partial charge is 0.361 e. The van der Waals surface area contributed by atoms with Gasteiger partial charge in [0.2, 0.25) is 0 Å². The van der Waals surface area contributed by atoms with Crippen LogP contribution in [0.15, 0.2) is 0 Å². The van der Waals surface area contributed by atoms with E-state index >= 15 is 0 Å². The Bertz CT molecular complexity index is 263. The summed E-state index contributed by atoms with van der Waals surface area (Å²) in [5, 5.41) is 8.90. The molecule has 2 rings (SSSR count). The molecule has 4 heteroatoms. The number of hydrogen-bond acceptors (Lipinski definition) is 4. The predicted molar refractivity (Wildman–Crippen MR) is 61.8 cm³/mol. The van der Waals surface area contributed by atoms with Crippen LogP contribution in [0.2, 0.25) is 0 Å². The van der Waals surface area contributed by atoms with Crippen molar-refractivity contribution in [1.82, 2.24) is 4.90 Å². The quantitative estimate of drug-likeness (QED) is 0.670. The van der Waals surface area contributed by atoms with Crippen LogP contribution in [0.3, 0.4) is 0 Å². The molecule has 0 aromatic heterocycles. The molecular weight excluding hydrogens is 202 g/mol. The van der Waals surface area contributed by atoms with Crippen LogP contribution in [-0.2, 0) is 4.74 Å². The van der Waals surface area contributed by atoms with Crippen LogP contribution in [0.5, 0.6) is 0 Å². The van der Waals surface area contributed by atoms with Crippen LogP contribution in [0.1, 0.15) is 32.1 Å². The van der Waals surface area contributed by atoms with Crippen molar-refractivity contribution in [2.45, 2.75) is 50.3 Å². The van der Waals surface area contributed by atoms with Crippen molar-refractivity contribution in [3.63, 3.8) is 0 Å². The first-order valence-corrected chi connectivity index (χ1v) is 6.32. The van der Waals surface area contributed by atoms with Gasteiger partial charge in [0.05, 0.1) is 12.7 Å². The molecular formula is C12H21N3O. The SMILES string of the molecule is N#CC1CN(C2CCCCCC2N)CCO1. The highest BCUT2D eigenvalue weighted by molar-refractivity contribution is 4.93. The van der Waals surface area contributed by atoms with E-state index in [1.54, 1.807) is 0 Å². The van der Waals surface area contributed by atoms with E-state index in [-0.39, 0.29) is 12.1 Å². The first-order valence-electron chi connectivity index (χ1n) is 6.32. The van der Waals surface area contributed by atoms with E-state index in [2.05, 4.69) is 11.0 Å². The normalized spacial score (nSPS) is 37.6. The lowest BCUT2D eigenvalue weighted by atomic mass is 10.0. The fraction of sp³-hybridized carbons (Fsp3) is 0.917. The van der Waals surface area contributed by atoms with Crippen molar-refractivity contribution < 1.29 is 4.74 Å². The molecule has 16 heavy (non-hydrogen) atoms. The summed E-state index contributed by atoms with van der Waals surface area (Å²) in [5.74, 6) is 0. The minimum atomic E-state index is -0.260. The third-order valence-corrected chi connectivity index (χ3v) is 3.74. The zero-order valence-electron chi connectivity index (χ0n) is 9.77. The lowest BCUT2D eigenvalue weighted by Crippen LogP contribution is -2.53. The van der Waals surface area contributed by atoms with Gasteiger partial charge in [0.25, 0.3) is 0 Å². The standard InChI is InChI=1S/C12H21N3O/c13-8-10-9-15(6-7-16-10)12-5-3-1-2-4-11(12)14/h10-12H,1-7,9,14H2. The second-order valence-corrected chi connectivity index (χ2v) is 4.85. The zero-order valence-corrected chi connectivity index (χ0v) is 9.77. The number of nitriles is 1. The van der Waals surface area contributed by atoms with Gasteiger partial charge in [-0.1, -0.05) is 19.3 Å². The summed E-state index contributed by atoms with van der Waals surface area (Å²) in [6.45, 7) is 2.33. The first-order chi connectivity index (χ1) is 7.81. The Morgan fingerprint density at radius 3 is 2.88 bits per heavy atom. The Hall–Kier alpha value is -0.630. The first kappa shape index (κ1) is 11.8. The number of nitrogens with zero attached hydrogens (tertiary/aromatic N) is 2. The third-order valence-electron chi connectivity index (χ3n) is 3.74. The Morgan fingerprint density at radius 1 is 1.25 bits per heavy atom. The molecule has 90 valence electrons. The molecule has 0 radical (unpaired) electrons. The molecule has 2 aliphatic rings. The van der Waals surface area contributed by atoms with Crippen LogP contribution in [0.25, 0.3) is 0 Å². The van der Waals surface area contributed by atoms with Crippen LogP contribution in [0.4, 0.5) is 0 Å². The minimum Gasteiger partial charge on any atom is -0.361 e. The molecule has 0 bridgehead atoms. The van der Waals surface area contributed by atoms with Gasteiger partial charge in [0, 0.05) is 25.2 Å². The van der Waals surface area contributed by atoms with Crippen LogP contribution in [0, 0.1) is 11.3 Å². The monoisotopic (exact) mass is 223 g/mol. The lowest BCUT2D eigenvalue weighted by molar-refractivity contribution is -0.0224. The molecule has 3 atom stereocenters. The summed E-state index contributed by atoms with van der Waals surface area (Å²) in [6, 6.07) is 2.94. The van der Waals surface area contributed by atoms with Gasteiger partial charge >= 0.3 is 0 Å². The Balaban J connectivity index is 1.96. The van der Waals surface area contributed by atoms with Gasteiger partial charge in [-0.2, -0.15) is 5.26 Å². The van der Waals surface area contributed by atoms with Gasteiger partial charge in [-0.25, -0.2) is 0 Å². The second kappa shape index (κ2) is 5.62. The molecule has 0 aromatic carbocycles. The molecule has 0 spiro atoms. The number of nitrogens with two attached hydrogens (primary N) is 1. The predicted octanol–water partition coefficient (Wildman–Crippen LogP) is 0.871. The molecule has 4 nitrogen and oxygen atoms in total. The van der Waals surface area contributed by atoms with Gasteiger partial charge < -0.3 is 10.5 Å². The van der Waals surface area contributed by atoms with Crippen molar-refractivity contribution in [3.05, 3.63) is 0 Å². The summed E-state index contributed by atoms with van der Waals surface area (Å²) in [5.41, 5.74) is 6.23. The molecule has 1 aliphatic heterocycles. The van der Waals surface area contributed by atoms with Gasteiger partial charge in [-0.05, 0) is 12.8 Å². The van der Waals surface area contributed by atoms with E-state index in [0.29, 0.717) is 12.6 Å². The third kappa shape index (κ3) is 2.73. The van der Waals surface area contributed by atoms with Gasteiger partial charge in [0.1, 0.15) is 0 Å². The molecule has 1 heterocycles. The molecule has 2 N–H and O–H groups in total. The number of rotatable bonds is 1. The van der Waals surface area contributed by atoms with E-state index in [4.69, 9.17) is 15.7 Å². The average Bonchev–Trinajstić information content (AvgIpc) is 2.54. The summed E-state index contributed by atoms with van der Waals surface area (Å²) in [4.78, 5) is 2.37. The van der Waals surface area contributed by atoms with Crippen molar-refractivity contribution in [3.8, 4) is 6.07 Å². The molecule has 0 aromatic rings. The van der Waals surface area contributed by atoms with Crippen LogP contribution < -0.4 is 5.73 Å². The van der Waals surface area contributed by atoms with Crippen molar-refractivity contribution in [1.29, 1.82) is 5.26 Å². The lowest BCUT2D eigenvalue weighted by Gasteiger charge is -2.38. The Kier molecular flexibility index (Phi) is 4.16. The summed E-state index contributed by atoms with van der Waals surface area (Å²) >= 11 is 0. The van der Waals surface area contributed by atoms with E-state index < -0.39 is 0 Å². The highest BCUT2D eigenvalue weighted by Gasteiger charge is 2.30. The summed E-state index contributed by atoms with van der Waals surface area (Å²) in [7, 11) is 0. The Labute approximate surface area is 97.3 Å². The zero-order chi connectivity index (χ0) is 11.4. The fourth-order valence-electron chi connectivity index (χ4n) is 2.82. The molecule has 2 fully saturated rings. The van der Waals surface area contributed by atoms with Crippen molar-refractivity contribution >= 4 is 0 Å². The van der Waals surface area contributed by atoms with Gasteiger partial charge in [-0.15, -0.1) is 0 Å². The molecule has 1 saturated heterocycles. The topological polar surface area (TPSA) is 62.3 Å². The van der Waals surface area contributed by atoms with Crippen molar-refractivity contribution in [2.24, 2.45) is 5.73 Å². The Morgan fingerprint density at radius 2 is 2.06 bits per heavy atom. The van der Waals surface area contributed by atoms with E-state index in [9.17, 15) is 0 Å². The van der Waals surface area contributed by atoms with Gasteiger partial charge in [0.15, 0.2) is 6.10 Å². The van der Waals surface area contributed by atoms with Crippen LogP contribution >= 0.6 is 0 Å². The fourth-order valence-corrected chi connectivity index (χ4v) is 2.82. The second-order valence-electron chi connectivity index (χ2n) is 4.85. The van der Waals surface area contributed by atoms with E-state index in [1.165, 1.54) is 25.7 Å². The average molecular weight is 223 g/mol. The maximum Gasteiger partial charge on any atom is 0.156 e. The summed E-state index contributed by atoms with van der Waals surface area (Å²) in [6.07, 6.45) is 5.87. The maximum absolute atomic E-state index is 8.90. The molecule has 1 saturated carbocycles. The van der Waals surface area contributed by atoms with Crippen molar-refractivity contribution in [2.75, 3.05) is 19.7 Å². The highest BCUT2D eigenvalue weighted by Crippen LogP contribution is 2.22. The minimum absolute atomic E-state index is 0.260. The van der Waals surface area contributed by atoms with E-state index in [1.807, 2.05) is 0 Å². The highest BCUT2D eigenvalue weighted by atomic mass is 16.5. The number of hydrogen-bond donors (Lipinski definition) is 1. The molecule has 1 aliphatic carbocycles. The smallest absolute Gasteiger partial charge is 0.156 e. The number of morpholine rings is 1. The maximum atomic E-state index is 8.90. The molecule has 3 unspecified atom stereocenters. The van der Waals surface area contributed by atoms with Crippen LogP contribution in [-0.4, -0.2) is 42.8 Å². The molecule has 0 amide bonds. The van der Waals surface area contributed by atoms with E-state index in [0.717, 1.165) is 19.5 Å².